The molecular formula is C4H14N4. The van der Waals surface area contributed by atoms with Crippen molar-refractivity contribution < 1.29 is 0 Å². The third-order valence-electron chi connectivity index (χ3n) is 0.858. The average molecular weight is 118 g/mol. The Morgan fingerprint density at radius 3 is 2.38 bits per heavy atom. The number of nitrogens with two attached hydrogens (primary N) is 3. The van der Waals surface area contributed by atoms with Crippen molar-refractivity contribution in [3.05, 3.63) is 0 Å². The highest BCUT2D eigenvalue weighted by Gasteiger charge is 1.94. The minimum atomic E-state index is -0.0370. The molecule has 0 aromatic rings. The molecule has 0 aliphatic heterocycles. The van der Waals surface area contributed by atoms with Crippen LogP contribution in [0.5, 0.6) is 0 Å². The Hall–Kier alpha value is -0.160. The summed E-state index contributed by atoms with van der Waals surface area (Å²) in [5.41, 5.74) is 15.8. The first-order chi connectivity index (χ1) is 3.81. The Kier molecular flexibility index (Phi) is 4.89. The molecule has 7 N–H and O–H groups in total. The van der Waals surface area contributed by atoms with Gasteiger partial charge < -0.3 is 17.2 Å². The zero-order valence-electron chi connectivity index (χ0n) is 4.93. The summed E-state index contributed by atoms with van der Waals surface area (Å²) in [7, 11) is 0. The summed E-state index contributed by atoms with van der Waals surface area (Å²) in [4.78, 5) is 0. The van der Waals surface area contributed by atoms with Gasteiger partial charge in [0.1, 0.15) is 0 Å². The van der Waals surface area contributed by atoms with E-state index in [-0.39, 0.29) is 6.17 Å². The van der Waals surface area contributed by atoms with Crippen LogP contribution in [-0.4, -0.2) is 19.4 Å². The number of hydrogen-bond donors (Lipinski definition) is 4. The van der Waals surface area contributed by atoms with Gasteiger partial charge in [-0.2, -0.15) is 0 Å². The molecule has 4 heteroatoms. The van der Waals surface area contributed by atoms with Crippen LogP contribution in [0.15, 0.2) is 0 Å². The molecule has 0 fully saturated rings. The summed E-state index contributed by atoms with van der Waals surface area (Å²) in [6.45, 7) is 1.02. The average Bonchev–Trinajstić information content (AvgIpc) is 1.68. The number of rotatable bonds is 4. The van der Waals surface area contributed by atoms with Crippen molar-refractivity contribution in [1.29, 1.82) is 0 Å². The molecule has 0 aromatic carbocycles. The first kappa shape index (κ1) is 7.84. The van der Waals surface area contributed by atoms with E-state index in [0.29, 0.717) is 13.2 Å². The van der Waals surface area contributed by atoms with Crippen LogP contribution in [0.25, 0.3) is 0 Å². The lowest BCUT2D eigenvalue weighted by Crippen LogP contribution is -2.41. The molecule has 0 radical (unpaired) electrons. The van der Waals surface area contributed by atoms with Gasteiger partial charge in [-0.05, 0) is 13.0 Å². The van der Waals surface area contributed by atoms with Crippen molar-refractivity contribution in [2.75, 3.05) is 13.2 Å². The minimum absolute atomic E-state index is 0.0370. The largest absolute Gasteiger partial charge is 0.330 e. The third-order valence-corrected chi connectivity index (χ3v) is 0.858. The molecular weight excluding hydrogens is 104 g/mol. The van der Waals surface area contributed by atoms with E-state index < -0.39 is 0 Å². The van der Waals surface area contributed by atoms with Crippen LogP contribution < -0.4 is 22.5 Å². The van der Waals surface area contributed by atoms with Gasteiger partial charge in [-0.15, -0.1) is 0 Å². The van der Waals surface area contributed by atoms with E-state index in [1.807, 2.05) is 0 Å². The van der Waals surface area contributed by atoms with Crippen LogP contribution >= 0.6 is 0 Å². The van der Waals surface area contributed by atoms with Gasteiger partial charge in [0.2, 0.25) is 0 Å². The monoisotopic (exact) mass is 118 g/mol. The van der Waals surface area contributed by atoms with Crippen LogP contribution in [0, 0.1) is 0 Å². The Balaban J connectivity index is 2.92. The van der Waals surface area contributed by atoms with Crippen molar-refractivity contribution in [3.8, 4) is 0 Å². The summed E-state index contributed by atoms with van der Waals surface area (Å²) in [6.07, 6.45) is 0.738. The third kappa shape index (κ3) is 4.01. The van der Waals surface area contributed by atoms with E-state index in [9.17, 15) is 0 Å². The molecule has 1 unspecified atom stereocenters. The predicted molar refractivity (Wildman–Crippen MR) is 33.8 cm³/mol. The molecule has 8 heavy (non-hydrogen) atoms. The summed E-state index contributed by atoms with van der Waals surface area (Å²) in [5.74, 6) is 0. The van der Waals surface area contributed by atoms with Crippen LogP contribution in [0.1, 0.15) is 6.42 Å². The Labute approximate surface area is 49.4 Å². The first-order valence-electron chi connectivity index (χ1n) is 2.70. The molecule has 0 heterocycles. The highest BCUT2D eigenvalue weighted by atomic mass is 15.1. The van der Waals surface area contributed by atoms with Crippen LogP contribution in [0.2, 0.25) is 0 Å². The quantitative estimate of drug-likeness (QED) is 0.325. The van der Waals surface area contributed by atoms with Gasteiger partial charge in [0.15, 0.2) is 0 Å². The fourth-order valence-electron chi connectivity index (χ4n) is 0.433. The van der Waals surface area contributed by atoms with Crippen LogP contribution in [0.3, 0.4) is 0 Å². The van der Waals surface area contributed by atoms with Gasteiger partial charge in [-0.1, -0.05) is 0 Å². The van der Waals surface area contributed by atoms with E-state index >= 15 is 0 Å². The topological polar surface area (TPSA) is 90.1 Å². The summed E-state index contributed by atoms with van der Waals surface area (Å²) in [6, 6.07) is 0. The zero-order chi connectivity index (χ0) is 6.41. The maximum Gasteiger partial charge on any atom is 0.0568 e. The molecule has 0 aliphatic rings. The SMILES string of the molecule is NCCC(N)NCN. The molecule has 4 nitrogen and oxygen atoms in total. The van der Waals surface area contributed by atoms with Gasteiger partial charge in [-0.3, -0.25) is 5.32 Å². The molecule has 0 rings (SSSR count). The zero-order valence-corrected chi connectivity index (χ0v) is 4.93. The minimum Gasteiger partial charge on any atom is -0.330 e. The number of hydrogen-bond acceptors (Lipinski definition) is 4. The first-order valence-corrected chi connectivity index (χ1v) is 2.70. The van der Waals surface area contributed by atoms with Gasteiger partial charge in [0.05, 0.1) is 6.17 Å². The molecule has 1 atom stereocenters. The van der Waals surface area contributed by atoms with Crippen molar-refractivity contribution in [3.63, 3.8) is 0 Å². The Bertz CT molecular complexity index is 41.3. The number of nitrogens with one attached hydrogen (secondary N) is 1. The van der Waals surface area contributed by atoms with Gasteiger partial charge >= 0.3 is 0 Å². The molecule has 0 aromatic heterocycles. The highest BCUT2D eigenvalue weighted by Crippen LogP contribution is 1.74. The van der Waals surface area contributed by atoms with Crippen molar-refractivity contribution >= 4 is 0 Å². The second-order valence-electron chi connectivity index (χ2n) is 1.59. The van der Waals surface area contributed by atoms with E-state index in [1.165, 1.54) is 0 Å². The fourth-order valence-corrected chi connectivity index (χ4v) is 0.433. The molecule has 0 aliphatic carbocycles. The summed E-state index contributed by atoms with van der Waals surface area (Å²) < 4.78 is 0. The summed E-state index contributed by atoms with van der Waals surface area (Å²) in [5, 5.41) is 2.82. The second-order valence-corrected chi connectivity index (χ2v) is 1.59. The summed E-state index contributed by atoms with van der Waals surface area (Å²) >= 11 is 0. The Morgan fingerprint density at radius 2 is 2.00 bits per heavy atom. The van der Waals surface area contributed by atoms with Crippen molar-refractivity contribution in [1.82, 2.24) is 5.32 Å². The maximum atomic E-state index is 5.42. The lowest BCUT2D eigenvalue weighted by Gasteiger charge is -2.08. The predicted octanol–water partition coefficient (Wildman–Crippen LogP) is -1.87. The molecule has 0 bridgehead atoms. The van der Waals surface area contributed by atoms with Gasteiger partial charge in [0.25, 0.3) is 0 Å². The van der Waals surface area contributed by atoms with Crippen molar-refractivity contribution in [2.45, 2.75) is 12.6 Å². The van der Waals surface area contributed by atoms with E-state index in [1.54, 1.807) is 0 Å². The van der Waals surface area contributed by atoms with E-state index in [4.69, 9.17) is 17.2 Å². The van der Waals surface area contributed by atoms with Crippen LogP contribution in [-0.2, 0) is 0 Å². The highest BCUT2D eigenvalue weighted by molar-refractivity contribution is 4.55. The molecule has 0 saturated carbocycles. The molecule has 50 valence electrons. The second kappa shape index (κ2) is 4.99. The smallest absolute Gasteiger partial charge is 0.0568 e. The van der Waals surface area contributed by atoms with Gasteiger partial charge in [0, 0.05) is 6.67 Å². The standard InChI is InChI=1S/C4H14N4/c5-2-1-4(7)8-3-6/h4,8H,1-3,5-7H2. The molecule has 0 amide bonds. The van der Waals surface area contributed by atoms with Gasteiger partial charge in [-0.25, -0.2) is 0 Å². The van der Waals surface area contributed by atoms with Crippen molar-refractivity contribution in [2.24, 2.45) is 17.2 Å². The van der Waals surface area contributed by atoms with E-state index in [2.05, 4.69) is 5.32 Å². The van der Waals surface area contributed by atoms with E-state index in [0.717, 1.165) is 6.42 Å². The van der Waals surface area contributed by atoms with Crippen LogP contribution in [0.4, 0.5) is 0 Å². The lowest BCUT2D eigenvalue weighted by molar-refractivity contribution is 0.510. The molecule has 0 saturated heterocycles. The maximum absolute atomic E-state index is 5.42. The Morgan fingerprint density at radius 1 is 1.38 bits per heavy atom. The lowest BCUT2D eigenvalue weighted by atomic mass is 10.3. The molecule has 0 spiro atoms. The fraction of sp³-hybridized carbons (Fsp3) is 1.00. The normalized spacial score (nSPS) is 13.9.